The predicted octanol–water partition coefficient (Wildman–Crippen LogP) is 2.00. The zero-order chi connectivity index (χ0) is 18.4. The van der Waals surface area contributed by atoms with Crippen LogP contribution in [0.3, 0.4) is 0 Å². The van der Waals surface area contributed by atoms with Crippen LogP contribution in [0.5, 0.6) is 5.75 Å². The number of nitrogens with two attached hydrogens (primary N) is 1. The van der Waals surface area contributed by atoms with Crippen LogP contribution >= 0.6 is 0 Å². The normalized spacial score (nSPS) is 14.0. The number of hydrogen-bond acceptors (Lipinski definition) is 5. The summed E-state index contributed by atoms with van der Waals surface area (Å²) in [6, 6.07) is 9.59. The van der Waals surface area contributed by atoms with Crippen LogP contribution in [0.4, 0.5) is 11.4 Å². The lowest BCUT2D eigenvalue weighted by Gasteiger charge is -2.26. The van der Waals surface area contributed by atoms with Crippen LogP contribution in [0.15, 0.2) is 36.5 Å². The molecular weight excluding hydrogens is 330 g/mol. The Balaban J connectivity index is 1.90. The average Bonchev–Trinajstić information content (AvgIpc) is 2.95. The molecule has 1 aromatic carbocycles. The summed E-state index contributed by atoms with van der Waals surface area (Å²) in [4.78, 5) is 20.5. The van der Waals surface area contributed by atoms with E-state index in [0.29, 0.717) is 18.0 Å². The first-order chi connectivity index (χ1) is 12.4. The van der Waals surface area contributed by atoms with Crippen molar-refractivity contribution in [1.29, 1.82) is 0 Å². The number of rotatable bonds is 3. The number of anilines is 2. The molecule has 0 radical (unpaired) electrons. The van der Waals surface area contributed by atoms with Crippen molar-refractivity contribution in [2.24, 2.45) is 0 Å². The number of ether oxygens (including phenoxy) is 1. The van der Waals surface area contributed by atoms with E-state index in [2.05, 4.69) is 4.90 Å². The van der Waals surface area contributed by atoms with Gasteiger partial charge in [0, 0.05) is 31.0 Å². The smallest absolute Gasteiger partial charge is 0.264 e. The van der Waals surface area contributed by atoms with Gasteiger partial charge >= 0.3 is 0 Å². The maximum Gasteiger partial charge on any atom is 0.264 e. The molecule has 26 heavy (non-hydrogen) atoms. The van der Waals surface area contributed by atoms with E-state index in [1.807, 2.05) is 55.0 Å². The van der Waals surface area contributed by atoms with E-state index < -0.39 is 0 Å². The monoisotopic (exact) mass is 351 g/mol. The highest BCUT2D eigenvalue weighted by molar-refractivity contribution is 5.98. The summed E-state index contributed by atoms with van der Waals surface area (Å²) in [5.41, 5.74) is 11.1. The van der Waals surface area contributed by atoms with Crippen LogP contribution in [0.1, 0.15) is 5.69 Å². The molecule has 1 aliphatic heterocycles. The first kappa shape index (κ1) is 16.4. The molecule has 0 spiro atoms. The third-order valence-corrected chi connectivity index (χ3v) is 4.53. The third-order valence-electron chi connectivity index (χ3n) is 4.53. The zero-order valence-electron chi connectivity index (χ0n) is 15.1. The Morgan fingerprint density at radius 1 is 1.27 bits per heavy atom. The van der Waals surface area contributed by atoms with Crippen molar-refractivity contribution in [2.45, 2.75) is 6.54 Å². The summed E-state index contributed by atoms with van der Waals surface area (Å²) in [6.45, 7) is 0.782. The second-order valence-corrected chi connectivity index (χ2v) is 6.76. The molecule has 7 heteroatoms. The van der Waals surface area contributed by atoms with Crippen molar-refractivity contribution in [1.82, 2.24) is 14.3 Å². The first-order valence-corrected chi connectivity index (χ1v) is 8.39. The molecule has 0 aliphatic carbocycles. The quantitative estimate of drug-likeness (QED) is 0.781. The van der Waals surface area contributed by atoms with Crippen LogP contribution < -0.4 is 15.4 Å². The number of likely N-dealkylation sites (N-methyl/N-ethyl adjacent to an activating group) is 1. The van der Waals surface area contributed by atoms with Crippen molar-refractivity contribution in [3.8, 4) is 17.0 Å². The standard InChI is InChI=1S/C19H21N5O2/c1-22(2)10-15-19(21-17-7-5-13(20)9-24(15)17)12-4-6-16-14(8-12)23(3)18(25)11-26-16/h4-9H,10-11,20H2,1-3H3. The summed E-state index contributed by atoms with van der Waals surface area (Å²) >= 11 is 0. The molecule has 4 rings (SSSR count). The number of nitrogen functional groups attached to an aromatic ring is 1. The van der Waals surface area contributed by atoms with E-state index >= 15 is 0 Å². The van der Waals surface area contributed by atoms with Gasteiger partial charge in [0.25, 0.3) is 5.91 Å². The number of amides is 1. The fraction of sp³-hybridized carbons (Fsp3) is 0.263. The SMILES string of the molecule is CN(C)Cc1c(-c2ccc3c(c2)N(C)C(=O)CO3)nc2ccc(N)cn12. The summed E-state index contributed by atoms with van der Waals surface area (Å²) in [6.07, 6.45) is 1.89. The third kappa shape index (κ3) is 2.66. The minimum atomic E-state index is -0.0639. The number of benzene rings is 1. The van der Waals surface area contributed by atoms with Crippen molar-refractivity contribution < 1.29 is 9.53 Å². The maximum absolute atomic E-state index is 12.0. The number of imidazole rings is 1. The van der Waals surface area contributed by atoms with Crippen LogP contribution in [0.2, 0.25) is 0 Å². The van der Waals surface area contributed by atoms with E-state index in [4.69, 9.17) is 15.5 Å². The Labute approximate surface area is 151 Å². The molecule has 1 amide bonds. The van der Waals surface area contributed by atoms with Crippen molar-refractivity contribution in [3.05, 3.63) is 42.2 Å². The van der Waals surface area contributed by atoms with Crippen LogP contribution in [-0.4, -0.2) is 47.9 Å². The van der Waals surface area contributed by atoms with Gasteiger partial charge in [0.15, 0.2) is 6.61 Å². The van der Waals surface area contributed by atoms with Crippen LogP contribution in [0.25, 0.3) is 16.9 Å². The highest BCUT2D eigenvalue weighted by Gasteiger charge is 2.24. The molecule has 0 saturated heterocycles. The Bertz CT molecular complexity index is 1010. The number of nitrogens with zero attached hydrogens (tertiary/aromatic N) is 4. The first-order valence-electron chi connectivity index (χ1n) is 8.39. The topological polar surface area (TPSA) is 76.1 Å². The number of fused-ring (bicyclic) bond motifs is 2. The fourth-order valence-corrected chi connectivity index (χ4v) is 3.21. The van der Waals surface area contributed by atoms with Crippen LogP contribution in [0, 0.1) is 0 Å². The molecule has 134 valence electrons. The van der Waals surface area contributed by atoms with Gasteiger partial charge in [-0.05, 0) is 44.4 Å². The van der Waals surface area contributed by atoms with Crippen LogP contribution in [-0.2, 0) is 11.3 Å². The largest absolute Gasteiger partial charge is 0.482 e. The van der Waals surface area contributed by atoms with E-state index in [9.17, 15) is 4.79 Å². The summed E-state index contributed by atoms with van der Waals surface area (Å²) < 4.78 is 7.55. The Hall–Kier alpha value is -3.06. The number of carbonyl (C=O) groups excluding carboxylic acids is 1. The van der Waals surface area contributed by atoms with E-state index in [0.717, 1.165) is 28.3 Å². The molecule has 3 heterocycles. The summed E-state index contributed by atoms with van der Waals surface area (Å²) in [7, 11) is 5.80. The zero-order valence-corrected chi connectivity index (χ0v) is 15.1. The van der Waals surface area contributed by atoms with Gasteiger partial charge in [0.05, 0.1) is 17.1 Å². The fourth-order valence-electron chi connectivity index (χ4n) is 3.21. The minimum absolute atomic E-state index is 0.0639. The minimum Gasteiger partial charge on any atom is -0.482 e. The average molecular weight is 351 g/mol. The molecule has 0 saturated carbocycles. The van der Waals surface area contributed by atoms with Gasteiger partial charge in [-0.3, -0.25) is 4.79 Å². The molecule has 0 atom stereocenters. The second kappa shape index (κ2) is 6.03. The molecule has 2 N–H and O–H groups in total. The molecule has 2 aromatic heterocycles. The molecule has 0 bridgehead atoms. The molecule has 7 nitrogen and oxygen atoms in total. The molecule has 0 unspecified atom stereocenters. The number of carbonyl (C=O) groups is 1. The molecule has 3 aromatic rings. The summed E-state index contributed by atoms with van der Waals surface area (Å²) in [5.74, 6) is 0.643. The number of pyridine rings is 1. The number of hydrogen-bond donors (Lipinski definition) is 1. The van der Waals surface area contributed by atoms with Gasteiger partial charge in [-0.2, -0.15) is 0 Å². The van der Waals surface area contributed by atoms with Gasteiger partial charge in [-0.15, -0.1) is 0 Å². The van der Waals surface area contributed by atoms with Gasteiger partial charge < -0.3 is 24.7 Å². The Kier molecular flexibility index (Phi) is 3.81. The molecule has 1 aliphatic rings. The van der Waals surface area contributed by atoms with E-state index in [1.54, 1.807) is 11.9 Å². The Morgan fingerprint density at radius 3 is 2.85 bits per heavy atom. The van der Waals surface area contributed by atoms with Gasteiger partial charge in [-0.1, -0.05) is 0 Å². The lowest BCUT2D eigenvalue weighted by Crippen LogP contribution is -2.35. The maximum atomic E-state index is 12.0. The summed E-state index contributed by atoms with van der Waals surface area (Å²) in [5, 5.41) is 0. The van der Waals surface area contributed by atoms with Crippen molar-refractivity contribution in [2.75, 3.05) is 38.4 Å². The van der Waals surface area contributed by atoms with Crippen molar-refractivity contribution >= 4 is 22.9 Å². The van der Waals surface area contributed by atoms with Crippen molar-refractivity contribution in [3.63, 3.8) is 0 Å². The predicted molar refractivity (Wildman–Crippen MR) is 101 cm³/mol. The van der Waals surface area contributed by atoms with E-state index in [1.165, 1.54) is 0 Å². The lowest BCUT2D eigenvalue weighted by molar-refractivity contribution is -0.120. The van der Waals surface area contributed by atoms with Gasteiger partial charge in [0.2, 0.25) is 0 Å². The Morgan fingerprint density at radius 2 is 2.08 bits per heavy atom. The second-order valence-electron chi connectivity index (χ2n) is 6.76. The van der Waals surface area contributed by atoms with Gasteiger partial charge in [-0.25, -0.2) is 4.98 Å². The highest BCUT2D eigenvalue weighted by Crippen LogP contribution is 2.36. The lowest BCUT2D eigenvalue weighted by atomic mass is 10.1. The van der Waals surface area contributed by atoms with E-state index in [-0.39, 0.29) is 12.5 Å². The molecular formula is C19H21N5O2. The highest BCUT2D eigenvalue weighted by atomic mass is 16.5. The van der Waals surface area contributed by atoms with Gasteiger partial charge in [0.1, 0.15) is 11.4 Å². The molecule has 0 fully saturated rings. The number of aromatic nitrogens is 2.